The first-order chi connectivity index (χ1) is 8.04. The van der Waals surface area contributed by atoms with Gasteiger partial charge in [0.15, 0.2) is 0 Å². The van der Waals surface area contributed by atoms with Crippen LogP contribution in [0.15, 0.2) is 0 Å². The second-order valence-electron chi connectivity index (χ2n) is 5.00. The number of carbonyl (C=O) groups excluding carboxylic acids is 1. The van der Waals surface area contributed by atoms with Crippen molar-refractivity contribution in [3.8, 4) is 0 Å². The standard InChI is InChI=1S/C12H19NO4/c1-3-6(2)13-11(14)9-7-4-5-8(17-7)10(9)12(15)16/h6-10H,3-5H2,1-2H3,(H,13,14)(H,15,16)/t6-,7+,8+,9+,10+/m0/s1. The summed E-state index contributed by atoms with van der Waals surface area (Å²) in [6.07, 6.45) is 1.92. The van der Waals surface area contributed by atoms with E-state index in [1.165, 1.54) is 0 Å². The van der Waals surface area contributed by atoms with Crippen molar-refractivity contribution in [2.24, 2.45) is 11.8 Å². The molecule has 2 saturated heterocycles. The number of amides is 1. The second-order valence-corrected chi connectivity index (χ2v) is 5.00. The molecule has 2 bridgehead atoms. The van der Waals surface area contributed by atoms with Crippen molar-refractivity contribution in [3.05, 3.63) is 0 Å². The fraction of sp³-hybridized carbons (Fsp3) is 0.833. The Morgan fingerprint density at radius 3 is 2.47 bits per heavy atom. The summed E-state index contributed by atoms with van der Waals surface area (Å²) in [4.78, 5) is 23.3. The van der Waals surface area contributed by atoms with Gasteiger partial charge < -0.3 is 15.2 Å². The molecule has 2 rings (SSSR count). The van der Waals surface area contributed by atoms with E-state index in [0.29, 0.717) is 0 Å². The van der Waals surface area contributed by atoms with Gasteiger partial charge in [0.25, 0.3) is 0 Å². The Morgan fingerprint density at radius 1 is 1.35 bits per heavy atom. The predicted octanol–water partition coefficient (Wildman–Crippen LogP) is 0.779. The zero-order valence-electron chi connectivity index (χ0n) is 10.2. The molecule has 0 aliphatic carbocycles. The SMILES string of the molecule is CC[C@H](C)NC(=O)[C@H]1[C@H](C(=O)O)[C@H]2CC[C@H]1O2. The van der Waals surface area contributed by atoms with Gasteiger partial charge in [-0.05, 0) is 26.2 Å². The number of ether oxygens (including phenoxy) is 1. The maximum atomic E-state index is 12.1. The number of carboxylic acids is 1. The lowest BCUT2D eigenvalue weighted by molar-refractivity contribution is -0.148. The van der Waals surface area contributed by atoms with Crippen molar-refractivity contribution in [2.45, 2.75) is 51.4 Å². The van der Waals surface area contributed by atoms with Crippen LogP contribution in [-0.2, 0) is 14.3 Å². The van der Waals surface area contributed by atoms with Crippen molar-refractivity contribution in [2.75, 3.05) is 0 Å². The molecule has 5 heteroatoms. The van der Waals surface area contributed by atoms with Crippen molar-refractivity contribution in [1.29, 1.82) is 0 Å². The Kier molecular flexibility index (Phi) is 3.38. The van der Waals surface area contributed by atoms with Gasteiger partial charge in [-0.15, -0.1) is 0 Å². The fourth-order valence-corrected chi connectivity index (χ4v) is 2.77. The summed E-state index contributed by atoms with van der Waals surface area (Å²) >= 11 is 0. The highest BCUT2D eigenvalue weighted by molar-refractivity contribution is 5.86. The van der Waals surface area contributed by atoms with Crippen LogP contribution >= 0.6 is 0 Å². The van der Waals surface area contributed by atoms with Crippen LogP contribution in [0.2, 0.25) is 0 Å². The number of hydrogen-bond acceptors (Lipinski definition) is 3. The molecule has 2 heterocycles. The van der Waals surface area contributed by atoms with Crippen molar-refractivity contribution >= 4 is 11.9 Å². The summed E-state index contributed by atoms with van der Waals surface area (Å²) in [7, 11) is 0. The molecule has 2 aliphatic rings. The van der Waals surface area contributed by atoms with Crippen LogP contribution in [0.3, 0.4) is 0 Å². The molecule has 0 aromatic heterocycles. The minimum atomic E-state index is -0.915. The second kappa shape index (κ2) is 4.64. The average molecular weight is 241 g/mol. The molecule has 2 fully saturated rings. The van der Waals surface area contributed by atoms with Crippen LogP contribution in [-0.4, -0.2) is 35.2 Å². The molecule has 17 heavy (non-hydrogen) atoms. The number of carbonyl (C=O) groups is 2. The van der Waals surface area contributed by atoms with Crippen LogP contribution in [0.1, 0.15) is 33.1 Å². The molecule has 0 spiro atoms. The maximum absolute atomic E-state index is 12.1. The number of fused-ring (bicyclic) bond motifs is 2. The van der Waals surface area contributed by atoms with Crippen LogP contribution in [0.5, 0.6) is 0 Å². The normalized spacial score (nSPS) is 36.8. The summed E-state index contributed by atoms with van der Waals surface area (Å²) in [5.41, 5.74) is 0. The molecule has 0 aromatic rings. The molecule has 96 valence electrons. The Labute approximate surface area is 101 Å². The zero-order chi connectivity index (χ0) is 12.6. The minimum absolute atomic E-state index is 0.0797. The third kappa shape index (κ3) is 2.16. The summed E-state index contributed by atoms with van der Waals surface area (Å²) in [5.74, 6) is -2.27. The molecule has 0 aromatic carbocycles. The monoisotopic (exact) mass is 241 g/mol. The lowest BCUT2D eigenvalue weighted by Crippen LogP contribution is -2.46. The molecular formula is C12H19NO4. The van der Waals surface area contributed by atoms with Gasteiger partial charge in [0.05, 0.1) is 24.0 Å². The molecule has 0 saturated carbocycles. The summed E-state index contributed by atoms with van der Waals surface area (Å²) in [6.45, 7) is 3.90. The number of hydrogen-bond donors (Lipinski definition) is 2. The van der Waals surface area contributed by atoms with E-state index >= 15 is 0 Å². The van der Waals surface area contributed by atoms with Gasteiger partial charge in [-0.25, -0.2) is 0 Å². The first-order valence-electron chi connectivity index (χ1n) is 6.23. The maximum Gasteiger partial charge on any atom is 0.310 e. The van der Waals surface area contributed by atoms with Gasteiger partial charge in [0.2, 0.25) is 5.91 Å². The first kappa shape index (κ1) is 12.4. The lowest BCUT2D eigenvalue weighted by Gasteiger charge is -2.25. The summed E-state index contributed by atoms with van der Waals surface area (Å²) in [6, 6.07) is 0.0797. The smallest absolute Gasteiger partial charge is 0.310 e. The van der Waals surface area contributed by atoms with Crippen LogP contribution in [0, 0.1) is 11.8 Å². The van der Waals surface area contributed by atoms with Crippen LogP contribution in [0.25, 0.3) is 0 Å². The lowest BCUT2D eigenvalue weighted by atomic mass is 9.78. The molecule has 0 unspecified atom stereocenters. The molecule has 1 amide bonds. The van der Waals surface area contributed by atoms with E-state index in [1.54, 1.807) is 0 Å². The Morgan fingerprint density at radius 2 is 1.94 bits per heavy atom. The number of carboxylic acid groups (broad SMARTS) is 1. The molecular weight excluding hydrogens is 222 g/mol. The zero-order valence-corrected chi connectivity index (χ0v) is 10.2. The highest BCUT2D eigenvalue weighted by Gasteiger charge is 2.55. The Hall–Kier alpha value is -1.10. The fourth-order valence-electron chi connectivity index (χ4n) is 2.77. The van der Waals surface area contributed by atoms with E-state index in [0.717, 1.165) is 19.3 Å². The quantitative estimate of drug-likeness (QED) is 0.762. The highest BCUT2D eigenvalue weighted by Crippen LogP contribution is 2.43. The number of aliphatic carboxylic acids is 1. The van der Waals surface area contributed by atoms with Gasteiger partial charge in [-0.1, -0.05) is 6.92 Å². The largest absolute Gasteiger partial charge is 0.481 e. The Balaban J connectivity index is 2.08. The molecule has 5 nitrogen and oxygen atoms in total. The van der Waals surface area contributed by atoms with Crippen molar-refractivity contribution in [1.82, 2.24) is 5.32 Å². The van der Waals surface area contributed by atoms with E-state index in [-0.39, 0.29) is 24.2 Å². The van der Waals surface area contributed by atoms with E-state index in [2.05, 4.69) is 5.32 Å². The Bertz CT molecular complexity index is 330. The van der Waals surface area contributed by atoms with Gasteiger partial charge in [-0.3, -0.25) is 9.59 Å². The van der Waals surface area contributed by atoms with Gasteiger partial charge >= 0.3 is 5.97 Å². The predicted molar refractivity (Wildman–Crippen MR) is 60.4 cm³/mol. The first-order valence-corrected chi connectivity index (χ1v) is 6.23. The minimum Gasteiger partial charge on any atom is -0.481 e. The van der Waals surface area contributed by atoms with Crippen LogP contribution < -0.4 is 5.32 Å². The van der Waals surface area contributed by atoms with E-state index in [4.69, 9.17) is 4.74 Å². The highest BCUT2D eigenvalue weighted by atomic mass is 16.5. The molecule has 2 N–H and O–H groups in total. The van der Waals surface area contributed by atoms with E-state index in [9.17, 15) is 14.7 Å². The molecule has 5 atom stereocenters. The van der Waals surface area contributed by atoms with E-state index in [1.807, 2.05) is 13.8 Å². The van der Waals surface area contributed by atoms with Crippen molar-refractivity contribution in [3.63, 3.8) is 0 Å². The van der Waals surface area contributed by atoms with Crippen molar-refractivity contribution < 1.29 is 19.4 Å². The third-order valence-electron chi connectivity index (χ3n) is 3.86. The summed E-state index contributed by atoms with van der Waals surface area (Å²) in [5, 5.41) is 12.0. The number of nitrogens with one attached hydrogen (secondary N) is 1. The van der Waals surface area contributed by atoms with Gasteiger partial charge in [0, 0.05) is 6.04 Å². The number of rotatable bonds is 4. The average Bonchev–Trinajstić information content (AvgIpc) is 2.87. The molecule has 0 radical (unpaired) electrons. The van der Waals surface area contributed by atoms with Gasteiger partial charge in [-0.2, -0.15) is 0 Å². The van der Waals surface area contributed by atoms with Gasteiger partial charge in [0.1, 0.15) is 0 Å². The van der Waals surface area contributed by atoms with Crippen LogP contribution in [0.4, 0.5) is 0 Å². The topological polar surface area (TPSA) is 75.6 Å². The molecule has 2 aliphatic heterocycles. The third-order valence-corrected chi connectivity index (χ3v) is 3.86. The van der Waals surface area contributed by atoms with E-state index < -0.39 is 17.8 Å². The summed E-state index contributed by atoms with van der Waals surface area (Å²) < 4.78 is 5.55.